The van der Waals surface area contributed by atoms with Gasteiger partial charge < -0.3 is 10.5 Å². The summed E-state index contributed by atoms with van der Waals surface area (Å²) in [6.07, 6.45) is 1.32. The van der Waals surface area contributed by atoms with E-state index in [0.29, 0.717) is 18.1 Å². The summed E-state index contributed by atoms with van der Waals surface area (Å²) < 4.78 is 5.14. The summed E-state index contributed by atoms with van der Waals surface area (Å²) in [5.41, 5.74) is 5.92. The summed E-state index contributed by atoms with van der Waals surface area (Å²) in [6, 6.07) is 0. The molecule has 0 amide bonds. The van der Waals surface area contributed by atoms with E-state index >= 15 is 0 Å². The Bertz CT molecular complexity index is 327. The van der Waals surface area contributed by atoms with Gasteiger partial charge in [0.1, 0.15) is 28.6 Å². The van der Waals surface area contributed by atoms with Crippen LogP contribution in [0.5, 0.6) is 0 Å². The topological polar surface area (TPSA) is 61.0 Å². The van der Waals surface area contributed by atoms with Crippen molar-refractivity contribution in [2.45, 2.75) is 6.92 Å². The minimum atomic E-state index is 0.229. The summed E-state index contributed by atoms with van der Waals surface area (Å²) in [5, 5.41) is 0.279. The molecule has 1 rings (SSSR count). The third-order valence-corrected chi connectivity index (χ3v) is 1.77. The number of nitrogens with two attached hydrogens (primary N) is 1. The minimum absolute atomic E-state index is 0.229. The number of rotatable bonds is 3. The molecule has 0 saturated carbocycles. The van der Waals surface area contributed by atoms with E-state index in [1.54, 1.807) is 0 Å². The molecule has 1 heterocycles. The van der Waals surface area contributed by atoms with Gasteiger partial charge in [0.05, 0.1) is 6.61 Å². The first-order valence-corrected chi connectivity index (χ1v) is 4.12. The van der Waals surface area contributed by atoms with Gasteiger partial charge in [-0.25, -0.2) is 9.97 Å². The molecule has 70 valence electrons. The van der Waals surface area contributed by atoms with E-state index in [1.807, 2.05) is 6.92 Å². The molecule has 1 aromatic rings. The summed E-state index contributed by atoms with van der Waals surface area (Å²) in [4.78, 5) is 7.63. The van der Waals surface area contributed by atoms with Crippen molar-refractivity contribution in [1.29, 1.82) is 0 Å². The van der Waals surface area contributed by atoms with E-state index < -0.39 is 0 Å². The SMILES string of the molecule is C=C(OCC)c1ncnc(N)c1Cl. The first-order valence-electron chi connectivity index (χ1n) is 3.74. The highest BCUT2D eigenvalue weighted by Gasteiger charge is 2.09. The van der Waals surface area contributed by atoms with E-state index in [4.69, 9.17) is 22.1 Å². The second-order valence-electron chi connectivity index (χ2n) is 2.28. The van der Waals surface area contributed by atoms with Crippen LogP contribution in [0.25, 0.3) is 5.76 Å². The smallest absolute Gasteiger partial charge is 0.146 e. The standard InChI is InChI=1S/C8H10ClN3O/c1-3-13-5(2)7-6(9)8(10)12-4-11-7/h4H,2-3H2,1H3,(H2,10,11,12). The van der Waals surface area contributed by atoms with Gasteiger partial charge in [-0.1, -0.05) is 18.2 Å². The number of hydrogen-bond donors (Lipinski definition) is 1. The number of hydrogen-bond acceptors (Lipinski definition) is 4. The predicted octanol–water partition coefficient (Wildman–Crippen LogP) is 1.72. The molecule has 0 saturated heterocycles. The minimum Gasteiger partial charge on any atom is -0.492 e. The van der Waals surface area contributed by atoms with Crippen molar-refractivity contribution in [3.8, 4) is 0 Å². The van der Waals surface area contributed by atoms with Gasteiger partial charge in [0, 0.05) is 0 Å². The second kappa shape index (κ2) is 4.09. The number of halogens is 1. The molecule has 2 N–H and O–H groups in total. The highest BCUT2D eigenvalue weighted by atomic mass is 35.5. The van der Waals surface area contributed by atoms with Crippen molar-refractivity contribution < 1.29 is 4.74 Å². The first kappa shape index (κ1) is 9.80. The van der Waals surface area contributed by atoms with E-state index in [9.17, 15) is 0 Å². The Morgan fingerprint density at radius 1 is 1.69 bits per heavy atom. The maximum Gasteiger partial charge on any atom is 0.146 e. The normalized spacial score (nSPS) is 9.69. The fourth-order valence-electron chi connectivity index (χ4n) is 0.820. The molecule has 0 aromatic carbocycles. The highest BCUT2D eigenvalue weighted by molar-refractivity contribution is 6.34. The zero-order chi connectivity index (χ0) is 9.84. The zero-order valence-electron chi connectivity index (χ0n) is 7.25. The van der Waals surface area contributed by atoms with Crippen LogP contribution in [0.4, 0.5) is 5.82 Å². The van der Waals surface area contributed by atoms with Gasteiger partial charge in [0.25, 0.3) is 0 Å². The Hall–Kier alpha value is -1.29. The lowest BCUT2D eigenvalue weighted by molar-refractivity contribution is 0.298. The van der Waals surface area contributed by atoms with Crippen LogP contribution in [0.15, 0.2) is 12.9 Å². The third kappa shape index (κ3) is 2.09. The first-order chi connectivity index (χ1) is 6.16. The summed E-state index contributed by atoms with van der Waals surface area (Å²) in [5.74, 6) is 0.633. The van der Waals surface area contributed by atoms with Gasteiger partial charge >= 0.3 is 0 Å². The largest absolute Gasteiger partial charge is 0.492 e. The summed E-state index contributed by atoms with van der Waals surface area (Å²) in [6.45, 7) is 6.03. The van der Waals surface area contributed by atoms with Crippen LogP contribution in [0.1, 0.15) is 12.6 Å². The van der Waals surface area contributed by atoms with E-state index in [0.717, 1.165) is 0 Å². The Balaban J connectivity index is 3.01. The molecular formula is C8H10ClN3O. The van der Waals surface area contributed by atoms with Gasteiger partial charge in [-0.3, -0.25) is 0 Å². The molecule has 0 unspecified atom stereocenters. The fraction of sp³-hybridized carbons (Fsp3) is 0.250. The number of nitrogens with zero attached hydrogens (tertiary/aromatic N) is 2. The lowest BCUT2D eigenvalue weighted by atomic mass is 10.3. The molecule has 0 aliphatic carbocycles. The van der Waals surface area contributed by atoms with Crippen LogP contribution in [0.3, 0.4) is 0 Å². The number of anilines is 1. The van der Waals surface area contributed by atoms with E-state index in [1.165, 1.54) is 6.33 Å². The number of nitrogen functional groups attached to an aromatic ring is 1. The van der Waals surface area contributed by atoms with Crippen LogP contribution >= 0.6 is 11.6 Å². The summed E-state index contributed by atoms with van der Waals surface area (Å²) >= 11 is 5.83. The molecule has 1 aromatic heterocycles. The Kier molecular flexibility index (Phi) is 3.08. The lowest BCUT2D eigenvalue weighted by Gasteiger charge is -2.07. The molecule has 5 heteroatoms. The second-order valence-corrected chi connectivity index (χ2v) is 2.66. The van der Waals surface area contributed by atoms with Crippen LogP contribution < -0.4 is 5.73 Å². The van der Waals surface area contributed by atoms with E-state index in [-0.39, 0.29) is 10.8 Å². The Morgan fingerprint density at radius 2 is 2.38 bits per heavy atom. The quantitative estimate of drug-likeness (QED) is 0.753. The van der Waals surface area contributed by atoms with Gasteiger partial charge in [0.2, 0.25) is 0 Å². The highest BCUT2D eigenvalue weighted by Crippen LogP contribution is 2.24. The molecule has 0 spiro atoms. The van der Waals surface area contributed by atoms with Gasteiger partial charge in [-0.05, 0) is 6.92 Å². The average molecular weight is 200 g/mol. The average Bonchev–Trinajstić information content (AvgIpc) is 2.10. The van der Waals surface area contributed by atoms with Gasteiger partial charge in [-0.2, -0.15) is 0 Å². The third-order valence-electron chi connectivity index (χ3n) is 1.40. The Morgan fingerprint density at radius 3 is 3.00 bits per heavy atom. The van der Waals surface area contributed by atoms with Crippen molar-refractivity contribution in [2.24, 2.45) is 0 Å². The van der Waals surface area contributed by atoms with Crippen LogP contribution in [0.2, 0.25) is 5.02 Å². The lowest BCUT2D eigenvalue weighted by Crippen LogP contribution is -1.99. The summed E-state index contributed by atoms with van der Waals surface area (Å²) in [7, 11) is 0. The molecule has 0 aliphatic rings. The molecule has 0 aliphatic heterocycles. The monoisotopic (exact) mass is 199 g/mol. The van der Waals surface area contributed by atoms with Gasteiger partial charge in [-0.15, -0.1) is 0 Å². The fourth-order valence-corrected chi connectivity index (χ4v) is 1.02. The number of ether oxygens (including phenoxy) is 1. The molecule has 13 heavy (non-hydrogen) atoms. The van der Waals surface area contributed by atoms with Gasteiger partial charge in [0.15, 0.2) is 0 Å². The van der Waals surface area contributed by atoms with Crippen LogP contribution in [-0.4, -0.2) is 16.6 Å². The van der Waals surface area contributed by atoms with Crippen molar-refractivity contribution in [3.63, 3.8) is 0 Å². The van der Waals surface area contributed by atoms with Crippen molar-refractivity contribution in [2.75, 3.05) is 12.3 Å². The molecule has 0 fully saturated rings. The van der Waals surface area contributed by atoms with Crippen LogP contribution in [0, 0.1) is 0 Å². The predicted molar refractivity (Wildman–Crippen MR) is 52.1 cm³/mol. The molecule has 0 atom stereocenters. The van der Waals surface area contributed by atoms with E-state index in [2.05, 4.69) is 16.5 Å². The molecule has 0 radical (unpaired) electrons. The Labute approximate surface area is 81.4 Å². The molecule has 4 nitrogen and oxygen atoms in total. The molecule has 0 bridgehead atoms. The van der Waals surface area contributed by atoms with Crippen LogP contribution in [-0.2, 0) is 4.74 Å². The molecular weight excluding hydrogens is 190 g/mol. The zero-order valence-corrected chi connectivity index (χ0v) is 8.01. The number of aromatic nitrogens is 2. The van der Waals surface area contributed by atoms with Crippen molar-refractivity contribution >= 4 is 23.2 Å². The maximum absolute atomic E-state index is 5.83. The maximum atomic E-state index is 5.83. The van der Waals surface area contributed by atoms with Crippen molar-refractivity contribution in [3.05, 3.63) is 23.6 Å². The van der Waals surface area contributed by atoms with Crippen molar-refractivity contribution in [1.82, 2.24) is 9.97 Å².